The van der Waals surface area contributed by atoms with Gasteiger partial charge < -0.3 is 4.42 Å². The summed E-state index contributed by atoms with van der Waals surface area (Å²) in [6.07, 6.45) is 0. The predicted molar refractivity (Wildman–Crippen MR) is 47.9 cm³/mol. The number of nitrogens with two attached hydrogens (primary N) is 1. The number of furan rings is 1. The number of primary sulfonamides is 1. The summed E-state index contributed by atoms with van der Waals surface area (Å²) in [7, 11) is -3.56. The highest BCUT2D eigenvalue weighted by Gasteiger charge is 2.20. The minimum atomic E-state index is -3.56. The number of sulfonamides is 1. The maximum Gasteiger partial charge on any atom is 0.219 e. The molecule has 0 radical (unpaired) electrons. The molecule has 0 saturated heterocycles. The summed E-state index contributed by atoms with van der Waals surface area (Å²) in [5.41, 5.74) is 0. The molecule has 1 rings (SSSR count). The van der Waals surface area contributed by atoms with Crippen molar-refractivity contribution in [1.29, 1.82) is 0 Å². The summed E-state index contributed by atoms with van der Waals surface area (Å²) in [6.45, 7) is 1.47. The second kappa shape index (κ2) is 3.20. The molecule has 1 heterocycles. The van der Waals surface area contributed by atoms with Gasteiger partial charge >= 0.3 is 0 Å². The Kier molecular flexibility index (Phi) is 2.60. The Labute approximate surface area is 78.9 Å². The van der Waals surface area contributed by atoms with Crippen LogP contribution in [-0.2, 0) is 10.0 Å². The van der Waals surface area contributed by atoms with E-state index in [9.17, 15) is 8.42 Å². The first-order valence-electron chi connectivity index (χ1n) is 3.18. The molecule has 1 aromatic heterocycles. The molecule has 1 atom stereocenters. The van der Waals surface area contributed by atoms with Crippen molar-refractivity contribution in [1.82, 2.24) is 0 Å². The summed E-state index contributed by atoms with van der Waals surface area (Å²) in [4.78, 5) is 0. The summed E-state index contributed by atoms with van der Waals surface area (Å²) >= 11 is 3.06. The van der Waals surface area contributed by atoms with Crippen molar-refractivity contribution in [2.24, 2.45) is 5.14 Å². The van der Waals surface area contributed by atoms with E-state index < -0.39 is 15.3 Å². The lowest BCUT2D eigenvalue weighted by Gasteiger charge is -2.03. The maximum absolute atomic E-state index is 10.8. The lowest BCUT2D eigenvalue weighted by atomic mass is 10.4. The van der Waals surface area contributed by atoms with Gasteiger partial charge in [0.25, 0.3) is 0 Å². The molecule has 0 aromatic carbocycles. The van der Waals surface area contributed by atoms with Crippen LogP contribution in [0.4, 0.5) is 0 Å². The molecule has 6 heteroatoms. The summed E-state index contributed by atoms with van der Waals surface area (Å²) in [6, 6.07) is 3.19. The van der Waals surface area contributed by atoms with Crippen molar-refractivity contribution >= 4 is 26.0 Å². The molecular formula is C6H8BrNO3S. The molecule has 0 fully saturated rings. The van der Waals surface area contributed by atoms with E-state index in [1.165, 1.54) is 6.92 Å². The first kappa shape index (κ1) is 9.76. The predicted octanol–water partition coefficient (Wildman–Crippen LogP) is 1.39. The molecular weight excluding hydrogens is 246 g/mol. The van der Waals surface area contributed by atoms with Crippen LogP contribution >= 0.6 is 15.9 Å². The van der Waals surface area contributed by atoms with E-state index >= 15 is 0 Å². The zero-order chi connectivity index (χ0) is 9.35. The van der Waals surface area contributed by atoms with Crippen LogP contribution in [0.1, 0.15) is 17.9 Å². The van der Waals surface area contributed by atoms with Gasteiger partial charge in [-0.3, -0.25) is 0 Å². The average molecular weight is 254 g/mol. The first-order valence-corrected chi connectivity index (χ1v) is 5.58. The van der Waals surface area contributed by atoms with Gasteiger partial charge in [0.2, 0.25) is 10.0 Å². The van der Waals surface area contributed by atoms with Gasteiger partial charge in [-0.05, 0) is 35.0 Å². The number of rotatable bonds is 2. The largest absolute Gasteiger partial charge is 0.453 e. The molecule has 0 aliphatic carbocycles. The summed E-state index contributed by atoms with van der Waals surface area (Å²) in [5, 5.41) is 4.12. The smallest absolute Gasteiger partial charge is 0.219 e. The number of hydrogen-bond acceptors (Lipinski definition) is 3. The Bertz CT molecular complexity index is 370. The third kappa shape index (κ3) is 2.09. The lowest BCUT2D eigenvalue weighted by Crippen LogP contribution is -2.18. The first-order chi connectivity index (χ1) is 5.41. The summed E-state index contributed by atoms with van der Waals surface area (Å²) in [5.74, 6) is 0.337. The van der Waals surface area contributed by atoms with Crippen molar-refractivity contribution in [2.75, 3.05) is 0 Å². The van der Waals surface area contributed by atoms with Gasteiger partial charge in [0.05, 0.1) is 0 Å². The Balaban J connectivity index is 3.01. The number of hydrogen-bond donors (Lipinski definition) is 1. The van der Waals surface area contributed by atoms with Gasteiger partial charge in [0, 0.05) is 0 Å². The van der Waals surface area contributed by atoms with Crippen molar-refractivity contribution < 1.29 is 12.8 Å². The van der Waals surface area contributed by atoms with Crippen molar-refractivity contribution in [3.05, 3.63) is 22.6 Å². The highest BCUT2D eigenvalue weighted by atomic mass is 79.9. The van der Waals surface area contributed by atoms with Crippen LogP contribution in [0.15, 0.2) is 21.2 Å². The Morgan fingerprint density at radius 2 is 2.17 bits per heavy atom. The molecule has 4 nitrogen and oxygen atoms in total. The second-order valence-corrected chi connectivity index (χ2v) is 5.04. The Morgan fingerprint density at radius 1 is 1.58 bits per heavy atom. The SMILES string of the molecule is CC(c1ccc(Br)o1)S(N)(=O)=O. The van der Waals surface area contributed by atoms with E-state index in [-0.39, 0.29) is 0 Å². The van der Waals surface area contributed by atoms with E-state index in [4.69, 9.17) is 9.56 Å². The quantitative estimate of drug-likeness (QED) is 0.866. The van der Waals surface area contributed by atoms with Crippen LogP contribution in [0.2, 0.25) is 0 Å². The van der Waals surface area contributed by atoms with E-state index in [0.717, 1.165) is 0 Å². The Hall–Kier alpha value is -0.330. The average Bonchev–Trinajstić information content (AvgIpc) is 2.32. The molecule has 0 bridgehead atoms. The third-order valence-electron chi connectivity index (χ3n) is 1.49. The standard InChI is InChI=1S/C6H8BrNO3S/c1-4(12(8,9)10)5-2-3-6(7)11-5/h2-4H,1H3,(H2,8,9,10). The zero-order valence-electron chi connectivity index (χ0n) is 6.32. The second-order valence-electron chi connectivity index (χ2n) is 2.37. The van der Waals surface area contributed by atoms with Crippen LogP contribution in [0, 0.1) is 0 Å². The normalized spacial score (nSPS) is 14.6. The topological polar surface area (TPSA) is 73.3 Å². The van der Waals surface area contributed by atoms with Crippen LogP contribution < -0.4 is 5.14 Å². The molecule has 2 N–H and O–H groups in total. The highest BCUT2D eigenvalue weighted by molar-refractivity contribution is 9.10. The van der Waals surface area contributed by atoms with Crippen molar-refractivity contribution in [3.63, 3.8) is 0 Å². The van der Waals surface area contributed by atoms with Gasteiger partial charge in [-0.15, -0.1) is 0 Å². The van der Waals surface area contributed by atoms with E-state index in [1.807, 2.05) is 0 Å². The highest BCUT2D eigenvalue weighted by Crippen LogP contribution is 2.24. The lowest BCUT2D eigenvalue weighted by molar-refractivity contribution is 0.480. The van der Waals surface area contributed by atoms with Gasteiger partial charge in [-0.1, -0.05) is 0 Å². The monoisotopic (exact) mass is 253 g/mol. The molecule has 1 aromatic rings. The zero-order valence-corrected chi connectivity index (χ0v) is 8.72. The van der Waals surface area contributed by atoms with Crippen LogP contribution in [0.3, 0.4) is 0 Å². The van der Waals surface area contributed by atoms with E-state index in [0.29, 0.717) is 10.4 Å². The van der Waals surface area contributed by atoms with Gasteiger partial charge in [0.1, 0.15) is 11.0 Å². The van der Waals surface area contributed by atoms with Crippen LogP contribution in [0.5, 0.6) is 0 Å². The van der Waals surface area contributed by atoms with E-state index in [1.54, 1.807) is 12.1 Å². The summed E-state index contributed by atoms with van der Waals surface area (Å²) < 4.78 is 27.2. The van der Waals surface area contributed by atoms with Crippen LogP contribution in [-0.4, -0.2) is 8.42 Å². The third-order valence-corrected chi connectivity index (χ3v) is 3.13. The van der Waals surface area contributed by atoms with E-state index in [2.05, 4.69) is 15.9 Å². The fourth-order valence-corrected chi connectivity index (χ4v) is 1.48. The molecule has 68 valence electrons. The van der Waals surface area contributed by atoms with Gasteiger partial charge in [0.15, 0.2) is 4.67 Å². The molecule has 12 heavy (non-hydrogen) atoms. The molecule has 0 amide bonds. The number of halogens is 1. The minimum Gasteiger partial charge on any atom is -0.453 e. The Morgan fingerprint density at radius 3 is 2.50 bits per heavy atom. The maximum atomic E-state index is 10.8. The van der Waals surface area contributed by atoms with Crippen molar-refractivity contribution in [3.8, 4) is 0 Å². The molecule has 1 unspecified atom stereocenters. The molecule has 0 saturated carbocycles. The van der Waals surface area contributed by atoms with Crippen molar-refractivity contribution in [2.45, 2.75) is 12.2 Å². The fourth-order valence-electron chi connectivity index (χ4n) is 0.709. The van der Waals surface area contributed by atoms with Gasteiger partial charge in [-0.2, -0.15) is 0 Å². The fraction of sp³-hybridized carbons (Fsp3) is 0.333. The van der Waals surface area contributed by atoms with Gasteiger partial charge in [-0.25, -0.2) is 13.6 Å². The molecule has 0 aliphatic rings. The minimum absolute atomic E-state index is 0.337. The molecule has 0 spiro atoms. The molecule has 0 aliphatic heterocycles. The van der Waals surface area contributed by atoms with Crippen LogP contribution in [0.25, 0.3) is 0 Å².